The molecule has 96 valence electrons. The van der Waals surface area contributed by atoms with E-state index in [2.05, 4.69) is 20.8 Å². The molecule has 0 aliphatic carbocycles. The summed E-state index contributed by atoms with van der Waals surface area (Å²) in [4.78, 5) is 13.8. The van der Waals surface area contributed by atoms with Crippen molar-refractivity contribution in [1.82, 2.24) is 4.90 Å². The molecule has 1 saturated heterocycles. The van der Waals surface area contributed by atoms with E-state index in [4.69, 9.17) is 5.73 Å². The molecule has 1 rings (SSSR count). The fourth-order valence-electron chi connectivity index (χ4n) is 1.52. The second-order valence-electron chi connectivity index (χ2n) is 5.12. The molecule has 0 aromatic carbocycles. The van der Waals surface area contributed by atoms with Crippen LogP contribution in [0.3, 0.4) is 0 Å². The Balaban J connectivity index is 0.00000225. The Morgan fingerprint density at radius 2 is 1.88 bits per heavy atom. The Labute approximate surface area is 109 Å². The summed E-state index contributed by atoms with van der Waals surface area (Å²) in [7, 11) is 0. The third kappa shape index (κ3) is 5.97. The van der Waals surface area contributed by atoms with Gasteiger partial charge in [0.2, 0.25) is 5.91 Å². The Bertz CT molecular complexity index is 223. The quantitative estimate of drug-likeness (QED) is 0.830. The summed E-state index contributed by atoms with van der Waals surface area (Å²) in [6.07, 6.45) is 1.90. The molecule has 1 heterocycles. The first kappa shape index (κ1) is 16.1. The average molecular weight is 267 g/mol. The molecule has 0 saturated carbocycles. The first-order valence-corrected chi connectivity index (χ1v) is 6.54. The number of amides is 1. The summed E-state index contributed by atoms with van der Waals surface area (Å²) in [6.45, 7) is 8.08. The standard InChI is InChI=1S/C11H22N2OS.ClH/c1-11(2,3)15-8-10(14)13-6-4-9(12)5-7-13;/h9H,4-8,12H2,1-3H3;1H. The molecule has 16 heavy (non-hydrogen) atoms. The fraction of sp³-hybridized carbons (Fsp3) is 0.909. The van der Waals surface area contributed by atoms with Crippen molar-refractivity contribution in [2.45, 2.75) is 44.4 Å². The summed E-state index contributed by atoms with van der Waals surface area (Å²) >= 11 is 1.71. The highest BCUT2D eigenvalue weighted by atomic mass is 35.5. The van der Waals surface area contributed by atoms with Crippen molar-refractivity contribution in [1.29, 1.82) is 0 Å². The molecule has 3 nitrogen and oxygen atoms in total. The molecule has 0 aromatic rings. The number of nitrogens with zero attached hydrogens (tertiary/aromatic N) is 1. The maximum atomic E-state index is 11.8. The van der Waals surface area contributed by atoms with Gasteiger partial charge >= 0.3 is 0 Å². The van der Waals surface area contributed by atoms with Crippen molar-refractivity contribution in [2.75, 3.05) is 18.8 Å². The monoisotopic (exact) mass is 266 g/mol. The van der Waals surface area contributed by atoms with Crippen LogP contribution in [0, 0.1) is 0 Å². The lowest BCUT2D eigenvalue weighted by molar-refractivity contribution is -0.129. The van der Waals surface area contributed by atoms with Crippen LogP contribution in [-0.2, 0) is 4.79 Å². The van der Waals surface area contributed by atoms with Gasteiger partial charge in [0.15, 0.2) is 0 Å². The van der Waals surface area contributed by atoms with Gasteiger partial charge in [-0.2, -0.15) is 0 Å². The highest BCUT2D eigenvalue weighted by Crippen LogP contribution is 2.23. The third-order valence-electron chi connectivity index (χ3n) is 2.52. The highest BCUT2D eigenvalue weighted by Gasteiger charge is 2.22. The van der Waals surface area contributed by atoms with Crippen molar-refractivity contribution in [3.63, 3.8) is 0 Å². The first-order chi connectivity index (χ1) is 6.88. The van der Waals surface area contributed by atoms with E-state index in [9.17, 15) is 4.79 Å². The van der Waals surface area contributed by atoms with Crippen LogP contribution in [0.15, 0.2) is 0 Å². The van der Waals surface area contributed by atoms with E-state index < -0.39 is 0 Å². The lowest BCUT2D eigenvalue weighted by Gasteiger charge is -2.31. The van der Waals surface area contributed by atoms with Crippen LogP contribution in [0.25, 0.3) is 0 Å². The molecule has 1 fully saturated rings. The number of nitrogens with two attached hydrogens (primary N) is 1. The fourth-order valence-corrected chi connectivity index (χ4v) is 2.26. The van der Waals surface area contributed by atoms with E-state index in [-0.39, 0.29) is 23.1 Å². The molecular formula is C11H23ClN2OS. The van der Waals surface area contributed by atoms with Gasteiger partial charge in [0.25, 0.3) is 0 Å². The van der Waals surface area contributed by atoms with Crippen LogP contribution in [0.4, 0.5) is 0 Å². The highest BCUT2D eigenvalue weighted by molar-refractivity contribution is 8.01. The number of carbonyl (C=O) groups excluding carboxylic acids is 1. The van der Waals surface area contributed by atoms with Crippen molar-refractivity contribution < 1.29 is 4.79 Å². The van der Waals surface area contributed by atoms with Gasteiger partial charge in [-0.15, -0.1) is 24.2 Å². The molecule has 0 bridgehead atoms. The minimum absolute atomic E-state index is 0. The molecule has 0 atom stereocenters. The predicted octanol–water partition coefficient (Wildman–Crippen LogP) is 1.89. The number of thioether (sulfide) groups is 1. The molecule has 5 heteroatoms. The molecule has 2 N–H and O–H groups in total. The Kier molecular flexibility index (Phi) is 6.75. The number of hydrogen-bond acceptors (Lipinski definition) is 3. The van der Waals surface area contributed by atoms with E-state index in [0.29, 0.717) is 11.8 Å². The SMILES string of the molecule is CC(C)(C)SCC(=O)N1CCC(N)CC1.Cl. The summed E-state index contributed by atoms with van der Waals surface area (Å²) in [5.41, 5.74) is 5.80. The first-order valence-electron chi connectivity index (χ1n) is 5.56. The largest absolute Gasteiger partial charge is 0.342 e. The number of piperidine rings is 1. The minimum atomic E-state index is 0. The lowest BCUT2D eigenvalue weighted by atomic mass is 10.1. The van der Waals surface area contributed by atoms with Crippen LogP contribution >= 0.6 is 24.2 Å². The van der Waals surface area contributed by atoms with Crippen molar-refractivity contribution in [2.24, 2.45) is 5.73 Å². The van der Waals surface area contributed by atoms with E-state index in [1.54, 1.807) is 11.8 Å². The van der Waals surface area contributed by atoms with Crippen LogP contribution < -0.4 is 5.73 Å². The van der Waals surface area contributed by atoms with Crippen LogP contribution in [0.2, 0.25) is 0 Å². The molecular weight excluding hydrogens is 244 g/mol. The van der Waals surface area contributed by atoms with Gasteiger partial charge < -0.3 is 10.6 Å². The number of rotatable bonds is 2. The predicted molar refractivity (Wildman–Crippen MR) is 73.2 cm³/mol. The van der Waals surface area contributed by atoms with Gasteiger partial charge in [-0.25, -0.2) is 0 Å². The number of likely N-dealkylation sites (tertiary alicyclic amines) is 1. The second kappa shape index (κ2) is 6.72. The molecule has 1 aliphatic heterocycles. The molecule has 1 aliphatic rings. The van der Waals surface area contributed by atoms with E-state index in [0.717, 1.165) is 25.9 Å². The van der Waals surface area contributed by atoms with Gasteiger partial charge in [-0.1, -0.05) is 20.8 Å². The second-order valence-corrected chi connectivity index (χ2v) is 6.92. The average Bonchev–Trinajstić information content (AvgIpc) is 2.14. The Hall–Kier alpha value is 0.0700. The van der Waals surface area contributed by atoms with Crippen molar-refractivity contribution in [3.8, 4) is 0 Å². The molecule has 0 aromatic heterocycles. The molecule has 0 spiro atoms. The topological polar surface area (TPSA) is 46.3 Å². The lowest BCUT2D eigenvalue weighted by Crippen LogP contribution is -2.43. The molecule has 0 unspecified atom stereocenters. The number of halogens is 1. The number of carbonyl (C=O) groups is 1. The molecule has 0 radical (unpaired) electrons. The van der Waals surface area contributed by atoms with Gasteiger partial charge in [0.05, 0.1) is 5.75 Å². The van der Waals surface area contributed by atoms with Gasteiger partial charge in [0.1, 0.15) is 0 Å². The zero-order valence-corrected chi connectivity index (χ0v) is 12.0. The van der Waals surface area contributed by atoms with Crippen LogP contribution in [-0.4, -0.2) is 40.4 Å². The smallest absolute Gasteiger partial charge is 0.232 e. The summed E-state index contributed by atoms with van der Waals surface area (Å²) < 4.78 is 0.169. The minimum Gasteiger partial charge on any atom is -0.342 e. The van der Waals surface area contributed by atoms with Crippen LogP contribution in [0.5, 0.6) is 0 Å². The van der Waals surface area contributed by atoms with Crippen molar-refractivity contribution >= 4 is 30.1 Å². The van der Waals surface area contributed by atoms with Gasteiger partial charge in [0, 0.05) is 23.9 Å². The van der Waals surface area contributed by atoms with Gasteiger partial charge in [-0.3, -0.25) is 4.79 Å². The zero-order valence-electron chi connectivity index (χ0n) is 10.4. The zero-order chi connectivity index (χ0) is 11.5. The normalized spacial score (nSPS) is 18.1. The summed E-state index contributed by atoms with van der Waals surface area (Å²) in [5, 5.41) is 0. The summed E-state index contributed by atoms with van der Waals surface area (Å²) in [5.74, 6) is 0.862. The van der Waals surface area contributed by atoms with E-state index >= 15 is 0 Å². The third-order valence-corrected chi connectivity index (χ3v) is 3.78. The van der Waals surface area contributed by atoms with E-state index in [1.807, 2.05) is 4.90 Å². The van der Waals surface area contributed by atoms with Gasteiger partial charge in [-0.05, 0) is 12.8 Å². The maximum absolute atomic E-state index is 11.8. The van der Waals surface area contributed by atoms with Crippen LogP contribution in [0.1, 0.15) is 33.6 Å². The number of hydrogen-bond donors (Lipinski definition) is 1. The van der Waals surface area contributed by atoms with E-state index in [1.165, 1.54) is 0 Å². The Morgan fingerprint density at radius 1 is 1.38 bits per heavy atom. The van der Waals surface area contributed by atoms with Crippen molar-refractivity contribution in [3.05, 3.63) is 0 Å². The molecule has 1 amide bonds. The maximum Gasteiger partial charge on any atom is 0.232 e. The Morgan fingerprint density at radius 3 is 2.31 bits per heavy atom. The summed E-state index contributed by atoms with van der Waals surface area (Å²) in [6, 6.07) is 0.296.